The van der Waals surface area contributed by atoms with Gasteiger partial charge in [0.1, 0.15) is 0 Å². The number of nitrogens with one attached hydrogen (secondary N) is 2. The molecule has 2 amide bonds. The number of amides is 2. The molecule has 0 fully saturated rings. The lowest BCUT2D eigenvalue weighted by Crippen LogP contribution is -2.38. The number of carbonyl (C=O) groups is 2. The average Bonchev–Trinajstić information content (AvgIpc) is 2.27. The summed E-state index contributed by atoms with van der Waals surface area (Å²) in [5, 5.41) is 6.08. The van der Waals surface area contributed by atoms with Crippen LogP contribution in [0.15, 0.2) is 0 Å². The molecule has 16 heavy (non-hydrogen) atoms. The predicted molar refractivity (Wildman–Crippen MR) is 65.5 cm³/mol. The second kappa shape index (κ2) is 10.9. The van der Waals surface area contributed by atoms with Crippen molar-refractivity contribution in [2.45, 2.75) is 19.3 Å². The molecule has 0 saturated carbocycles. The lowest BCUT2D eigenvalue weighted by Gasteiger charge is -2.06. The number of carbonyl (C=O) groups excluding carboxylic acids is 2. The van der Waals surface area contributed by atoms with E-state index in [0.29, 0.717) is 19.6 Å². The molecule has 6 heteroatoms. The van der Waals surface area contributed by atoms with Gasteiger partial charge >= 0.3 is 0 Å². The van der Waals surface area contributed by atoms with Crippen LogP contribution in [0.4, 0.5) is 0 Å². The highest BCUT2D eigenvalue weighted by Gasteiger charge is 2.04. The first kappa shape index (κ1) is 15.4. The smallest absolute Gasteiger partial charge is 0.239 e. The van der Waals surface area contributed by atoms with Gasteiger partial charge in [0.15, 0.2) is 0 Å². The van der Waals surface area contributed by atoms with Gasteiger partial charge in [-0.05, 0) is 12.8 Å². The summed E-state index contributed by atoms with van der Waals surface area (Å²) in [6, 6.07) is 0. The van der Waals surface area contributed by atoms with Crippen molar-refractivity contribution < 1.29 is 14.3 Å². The quantitative estimate of drug-likeness (QED) is 0.479. The first-order valence-corrected chi connectivity index (χ1v) is 6.41. The minimum Gasteiger partial charge on any atom is -0.383 e. The van der Waals surface area contributed by atoms with Gasteiger partial charge < -0.3 is 15.4 Å². The van der Waals surface area contributed by atoms with Crippen molar-refractivity contribution in [3.05, 3.63) is 0 Å². The summed E-state index contributed by atoms with van der Waals surface area (Å²) in [6.07, 6.45) is 2.27. The second-order valence-corrected chi connectivity index (χ2v) is 4.06. The van der Waals surface area contributed by atoms with Gasteiger partial charge in [-0.25, -0.2) is 0 Å². The summed E-state index contributed by atoms with van der Waals surface area (Å²) in [7, 11) is 1.57. The minimum atomic E-state index is -0.189. The third-order valence-corrected chi connectivity index (χ3v) is 2.42. The van der Waals surface area contributed by atoms with Crippen molar-refractivity contribution in [3.63, 3.8) is 0 Å². The SMILES string of the molecule is COCCNC(=O)CNC(=O)CCCCBr. The zero-order valence-electron chi connectivity index (χ0n) is 9.55. The Balaban J connectivity index is 3.40. The van der Waals surface area contributed by atoms with E-state index in [2.05, 4.69) is 26.6 Å². The van der Waals surface area contributed by atoms with Crippen LogP contribution in [0.2, 0.25) is 0 Å². The number of halogens is 1. The Morgan fingerprint density at radius 1 is 1.19 bits per heavy atom. The van der Waals surface area contributed by atoms with Crippen LogP contribution in [-0.4, -0.2) is 44.0 Å². The molecular formula is C10H19BrN2O3. The van der Waals surface area contributed by atoms with Crippen LogP contribution in [0, 0.1) is 0 Å². The minimum absolute atomic E-state index is 0.0386. The van der Waals surface area contributed by atoms with Gasteiger partial charge in [0, 0.05) is 25.4 Å². The summed E-state index contributed by atoms with van der Waals surface area (Å²) < 4.78 is 4.78. The Bertz CT molecular complexity index is 190. The van der Waals surface area contributed by atoms with E-state index in [1.807, 2.05) is 0 Å². The zero-order valence-corrected chi connectivity index (χ0v) is 11.1. The topological polar surface area (TPSA) is 67.4 Å². The molecule has 0 spiro atoms. The fraction of sp³-hybridized carbons (Fsp3) is 0.800. The lowest BCUT2D eigenvalue weighted by atomic mass is 10.2. The van der Waals surface area contributed by atoms with E-state index >= 15 is 0 Å². The molecule has 0 heterocycles. The van der Waals surface area contributed by atoms with E-state index in [0.717, 1.165) is 18.2 Å². The summed E-state index contributed by atoms with van der Waals surface area (Å²) in [4.78, 5) is 22.4. The molecule has 0 saturated heterocycles. The van der Waals surface area contributed by atoms with Crippen molar-refractivity contribution in [1.29, 1.82) is 0 Å². The second-order valence-electron chi connectivity index (χ2n) is 3.27. The van der Waals surface area contributed by atoms with E-state index in [4.69, 9.17) is 4.74 Å². The molecule has 0 aromatic rings. The van der Waals surface area contributed by atoms with Crippen LogP contribution in [0.25, 0.3) is 0 Å². The molecule has 0 unspecified atom stereocenters. The molecule has 0 atom stereocenters. The Hall–Kier alpha value is -0.620. The van der Waals surface area contributed by atoms with Crippen LogP contribution < -0.4 is 10.6 Å². The molecule has 94 valence electrons. The van der Waals surface area contributed by atoms with Gasteiger partial charge in [0.2, 0.25) is 11.8 Å². The van der Waals surface area contributed by atoms with Crippen LogP contribution >= 0.6 is 15.9 Å². The first-order valence-electron chi connectivity index (χ1n) is 5.29. The van der Waals surface area contributed by atoms with E-state index in [9.17, 15) is 9.59 Å². The van der Waals surface area contributed by atoms with E-state index < -0.39 is 0 Å². The van der Waals surface area contributed by atoms with Gasteiger partial charge in [-0.2, -0.15) is 0 Å². The van der Waals surface area contributed by atoms with Gasteiger partial charge in [0.25, 0.3) is 0 Å². The number of unbranched alkanes of at least 4 members (excludes halogenated alkanes) is 1. The average molecular weight is 295 g/mol. The summed E-state index contributed by atoms with van der Waals surface area (Å²) in [6.45, 7) is 0.983. The lowest BCUT2D eigenvalue weighted by molar-refractivity contribution is -0.126. The van der Waals surface area contributed by atoms with Gasteiger partial charge in [-0.3, -0.25) is 9.59 Å². The van der Waals surface area contributed by atoms with Crippen LogP contribution in [0.3, 0.4) is 0 Å². The first-order chi connectivity index (χ1) is 7.70. The van der Waals surface area contributed by atoms with Crippen LogP contribution in [-0.2, 0) is 14.3 Å². The molecule has 0 aliphatic carbocycles. The Labute approximate surface area is 104 Å². The molecule has 5 nitrogen and oxygen atoms in total. The summed E-state index contributed by atoms with van der Waals surface area (Å²) >= 11 is 3.29. The number of ether oxygens (including phenoxy) is 1. The van der Waals surface area contributed by atoms with Gasteiger partial charge in [-0.15, -0.1) is 0 Å². The molecule has 0 aromatic carbocycles. The third-order valence-electron chi connectivity index (χ3n) is 1.86. The monoisotopic (exact) mass is 294 g/mol. The highest BCUT2D eigenvalue weighted by molar-refractivity contribution is 9.09. The Kier molecular flexibility index (Phi) is 10.5. The summed E-state index contributed by atoms with van der Waals surface area (Å²) in [5.74, 6) is -0.270. The number of hydrogen-bond donors (Lipinski definition) is 2. The summed E-state index contributed by atoms with van der Waals surface area (Å²) in [5.41, 5.74) is 0. The number of rotatable bonds is 9. The number of hydrogen-bond acceptors (Lipinski definition) is 3. The van der Waals surface area contributed by atoms with Crippen molar-refractivity contribution in [3.8, 4) is 0 Å². The largest absolute Gasteiger partial charge is 0.383 e. The van der Waals surface area contributed by atoms with E-state index in [1.54, 1.807) is 7.11 Å². The Morgan fingerprint density at radius 3 is 2.56 bits per heavy atom. The van der Waals surface area contributed by atoms with E-state index in [1.165, 1.54) is 0 Å². The maximum atomic E-state index is 11.2. The molecule has 0 radical (unpaired) electrons. The highest BCUT2D eigenvalue weighted by atomic mass is 79.9. The molecule has 0 aliphatic heterocycles. The van der Waals surface area contributed by atoms with Crippen molar-refractivity contribution in [2.75, 3.05) is 32.1 Å². The molecular weight excluding hydrogens is 276 g/mol. The zero-order chi connectivity index (χ0) is 12.2. The molecule has 0 bridgehead atoms. The van der Waals surface area contributed by atoms with Crippen molar-refractivity contribution in [2.24, 2.45) is 0 Å². The maximum absolute atomic E-state index is 11.2. The number of methoxy groups -OCH3 is 1. The molecule has 0 rings (SSSR count). The van der Waals surface area contributed by atoms with Crippen molar-refractivity contribution in [1.82, 2.24) is 10.6 Å². The number of alkyl halides is 1. The fourth-order valence-electron chi connectivity index (χ4n) is 1.00. The third kappa shape index (κ3) is 9.92. The van der Waals surface area contributed by atoms with Crippen molar-refractivity contribution >= 4 is 27.7 Å². The highest BCUT2D eigenvalue weighted by Crippen LogP contribution is 1.97. The van der Waals surface area contributed by atoms with Crippen LogP contribution in [0.1, 0.15) is 19.3 Å². The standard InChI is InChI=1S/C10H19BrN2O3/c1-16-7-6-12-10(15)8-13-9(14)4-2-3-5-11/h2-8H2,1H3,(H,12,15)(H,13,14). The van der Waals surface area contributed by atoms with Crippen LogP contribution in [0.5, 0.6) is 0 Å². The maximum Gasteiger partial charge on any atom is 0.239 e. The van der Waals surface area contributed by atoms with Gasteiger partial charge in [0.05, 0.1) is 13.2 Å². The van der Waals surface area contributed by atoms with Gasteiger partial charge in [-0.1, -0.05) is 15.9 Å². The Morgan fingerprint density at radius 2 is 1.94 bits per heavy atom. The fourth-order valence-corrected chi connectivity index (χ4v) is 1.40. The predicted octanol–water partition coefficient (Wildman–Crippen LogP) is 0.430. The molecule has 0 aliphatic rings. The molecule has 0 aromatic heterocycles. The normalized spacial score (nSPS) is 9.88. The molecule has 2 N–H and O–H groups in total. The van der Waals surface area contributed by atoms with E-state index in [-0.39, 0.29) is 18.4 Å².